The quantitative estimate of drug-likeness (QED) is 0.132. The maximum Gasteiger partial charge on any atom is 0.173 e. The van der Waals surface area contributed by atoms with E-state index in [2.05, 4.69) is 11.9 Å². The predicted molar refractivity (Wildman–Crippen MR) is 150 cm³/mol. The highest BCUT2D eigenvalue weighted by atomic mass is 35.5. The normalized spacial score (nSPS) is 11.6. The van der Waals surface area contributed by atoms with Gasteiger partial charge >= 0.3 is 0 Å². The summed E-state index contributed by atoms with van der Waals surface area (Å²) in [4.78, 5) is 4.65. The summed E-state index contributed by atoms with van der Waals surface area (Å²) in [7, 11) is 1.42. The number of imidazole rings is 1. The number of unbranched alkanes of at least 4 members (excludes halogenated alkanes) is 1. The van der Waals surface area contributed by atoms with Gasteiger partial charge in [-0.1, -0.05) is 56.6 Å². The molecular weight excluding hydrogens is 545 g/mol. The summed E-state index contributed by atoms with van der Waals surface area (Å²) in [5, 5.41) is 0.838. The lowest BCUT2D eigenvalue weighted by molar-refractivity contribution is 0.307. The third-order valence-corrected chi connectivity index (χ3v) is 7.87. The zero-order valence-corrected chi connectivity index (χ0v) is 23.8. The Kier molecular flexibility index (Phi) is 9.18. The van der Waals surface area contributed by atoms with Crippen molar-refractivity contribution in [2.75, 3.05) is 13.7 Å². The average Bonchev–Trinajstić information content (AvgIpc) is 3.34. The molecule has 3 aromatic carbocycles. The van der Waals surface area contributed by atoms with E-state index < -0.39 is 17.0 Å². The van der Waals surface area contributed by atoms with Gasteiger partial charge in [0.2, 0.25) is 0 Å². The summed E-state index contributed by atoms with van der Waals surface area (Å²) in [6, 6.07) is 13.7. The molecule has 0 aliphatic heterocycles. The van der Waals surface area contributed by atoms with Gasteiger partial charge in [-0.2, -0.15) is 0 Å². The second kappa shape index (κ2) is 12.4. The van der Waals surface area contributed by atoms with Crippen LogP contribution in [0.4, 0.5) is 13.2 Å². The number of nitrogens with zero attached hydrogens (tertiary/aromatic N) is 2. The zero-order chi connectivity index (χ0) is 28.2. The summed E-state index contributed by atoms with van der Waals surface area (Å²) in [5.41, 5.74) is 1.94. The van der Waals surface area contributed by atoms with Crippen LogP contribution in [0.15, 0.2) is 66.0 Å². The third-order valence-electron chi connectivity index (χ3n) is 6.55. The topological polar surface area (TPSA) is 36.3 Å². The first-order valence-electron chi connectivity index (χ1n) is 12.6. The van der Waals surface area contributed by atoms with Gasteiger partial charge in [-0.25, -0.2) is 18.2 Å². The van der Waals surface area contributed by atoms with Gasteiger partial charge in [0.1, 0.15) is 17.4 Å². The molecule has 206 valence electrons. The molecule has 39 heavy (non-hydrogen) atoms. The molecule has 0 radical (unpaired) electrons. The van der Waals surface area contributed by atoms with E-state index in [4.69, 9.17) is 21.1 Å². The molecule has 0 saturated heterocycles. The van der Waals surface area contributed by atoms with Gasteiger partial charge in [0, 0.05) is 28.5 Å². The van der Waals surface area contributed by atoms with Crippen molar-refractivity contribution in [1.29, 1.82) is 0 Å². The number of aromatic nitrogens is 2. The summed E-state index contributed by atoms with van der Waals surface area (Å²) in [5.74, 6) is -0.544. The van der Waals surface area contributed by atoms with Gasteiger partial charge in [-0.3, -0.25) is 4.57 Å². The lowest BCUT2D eigenvalue weighted by Gasteiger charge is -2.28. The highest BCUT2D eigenvalue weighted by Gasteiger charge is 2.30. The lowest BCUT2D eigenvalue weighted by Crippen LogP contribution is -2.23. The van der Waals surface area contributed by atoms with Gasteiger partial charge in [0.25, 0.3) is 0 Å². The van der Waals surface area contributed by atoms with Crippen LogP contribution in [0.5, 0.6) is 11.5 Å². The second-order valence-electron chi connectivity index (χ2n) is 9.57. The molecule has 0 fully saturated rings. The van der Waals surface area contributed by atoms with Crippen molar-refractivity contribution >= 4 is 23.4 Å². The van der Waals surface area contributed by atoms with Gasteiger partial charge in [0.05, 0.1) is 30.6 Å². The Morgan fingerprint density at radius 1 is 1.00 bits per heavy atom. The Balaban J connectivity index is 1.70. The molecule has 0 unspecified atom stereocenters. The van der Waals surface area contributed by atoms with E-state index in [1.807, 2.05) is 18.4 Å². The van der Waals surface area contributed by atoms with Crippen molar-refractivity contribution in [2.24, 2.45) is 0 Å². The molecule has 4 aromatic rings. The predicted octanol–water partition coefficient (Wildman–Crippen LogP) is 8.75. The van der Waals surface area contributed by atoms with E-state index >= 15 is 4.39 Å². The van der Waals surface area contributed by atoms with Crippen LogP contribution in [-0.2, 0) is 11.2 Å². The summed E-state index contributed by atoms with van der Waals surface area (Å²) < 4.78 is 55.7. The number of hydrogen-bond donors (Lipinski definition) is 0. The summed E-state index contributed by atoms with van der Waals surface area (Å²) in [6.07, 6.45) is 3.57. The Bertz CT molecular complexity index is 1420. The molecule has 1 heterocycles. The third kappa shape index (κ3) is 6.39. The molecule has 1 aromatic heterocycles. The van der Waals surface area contributed by atoms with Crippen LogP contribution in [0.2, 0.25) is 5.02 Å². The molecule has 9 heteroatoms. The highest BCUT2D eigenvalue weighted by molar-refractivity contribution is 7.98. The maximum absolute atomic E-state index is 15.0. The molecule has 4 nitrogen and oxygen atoms in total. The average molecular weight is 575 g/mol. The molecule has 0 amide bonds. The fourth-order valence-electron chi connectivity index (χ4n) is 4.19. The lowest BCUT2D eigenvalue weighted by atomic mass is 9.81. The monoisotopic (exact) mass is 574 g/mol. The number of thioether (sulfide) groups is 1. The minimum absolute atomic E-state index is 0.134. The van der Waals surface area contributed by atoms with Crippen molar-refractivity contribution in [1.82, 2.24) is 9.55 Å². The first kappa shape index (κ1) is 28.9. The zero-order valence-electron chi connectivity index (χ0n) is 22.2. The Morgan fingerprint density at radius 2 is 1.74 bits per heavy atom. The van der Waals surface area contributed by atoms with Gasteiger partial charge in [0.15, 0.2) is 16.7 Å². The minimum Gasteiger partial charge on any atom is -0.494 e. The molecule has 0 aliphatic carbocycles. The largest absolute Gasteiger partial charge is 0.494 e. The van der Waals surface area contributed by atoms with Crippen molar-refractivity contribution in [3.63, 3.8) is 0 Å². The number of ether oxygens (including phenoxy) is 2. The number of methoxy groups -OCH3 is 1. The minimum atomic E-state index is -0.651. The van der Waals surface area contributed by atoms with E-state index in [0.717, 1.165) is 24.1 Å². The Labute approximate surface area is 236 Å². The Hall–Kier alpha value is -3.10. The van der Waals surface area contributed by atoms with Crippen LogP contribution in [0.3, 0.4) is 0 Å². The number of hydrogen-bond acceptors (Lipinski definition) is 4. The smallest absolute Gasteiger partial charge is 0.173 e. The molecule has 0 spiro atoms. The molecule has 0 atom stereocenters. The van der Waals surface area contributed by atoms with Crippen molar-refractivity contribution < 1.29 is 22.6 Å². The summed E-state index contributed by atoms with van der Waals surface area (Å²) >= 11 is 7.75. The molecule has 0 aliphatic rings. The van der Waals surface area contributed by atoms with Crippen LogP contribution in [0.25, 0.3) is 5.69 Å². The molecular formula is C30H30ClF3N2O2S. The standard InChI is InChI=1S/C30H30ClF3N2O2S/c1-5-6-13-38-22-15-24(31)23(26(34)16-22)18-39-29-35-17-28(36(29)21-10-8-20(32)9-11-21)30(2,3)19-7-12-25(33)27(14-19)37-4/h7-12,14-17H,5-6,13,18H2,1-4H3. The van der Waals surface area contributed by atoms with Gasteiger partial charge in [-0.05, 0) is 54.4 Å². The van der Waals surface area contributed by atoms with Crippen LogP contribution < -0.4 is 9.47 Å². The fraction of sp³-hybridized carbons (Fsp3) is 0.300. The fourth-order valence-corrected chi connectivity index (χ4v) is 5.56. The number of rotatable bonds is 11. The van der Waals surface area contributed by atoms with Gasteiger partial charge in [-0.15, -0.1) is 0 Å². The molecule has 0 saturated carbocycles. The van der Waals surface area contributed by atoms with Crippen LogP contribution >= 0.6 is 23.4 Å². The maximum atomic E-state index is 15.0. The van der Waals surface area contributed by atoms with E-state index in [9.17, 15) is 8.78 Å². The highest BCUT2D eigenvalue weighted by Crippen LogP contribution is 2.39. The number of benzene rings is 3. The number of halogens is 4. The molecule has 0 bridgehead atoms. The van der Waals surface area contributed by atoms with E-state index in [-0.39, 0.29) is 22.3 Å². The van der Waals surface area contributed by atoms with Gasteiger partial charge < -0.3 is 9.47 Å². The first-order chi connectivity index (χ1) is 18.6. The van der Waals surface area contributed by atoms with Crippen molar-refractivity contribution in [2.45, 2.75) is 49.9 Å². The second-order valence-corrected chi connectivity index (χ2v) is 10.9. The molecule has 4 rings (SSSR count). The van der Waals surface area contributed by atoms with Crippen LogP contribution in [0, 0.1) is 17.5 Å². The Morgan fingerprint density at radius 3 is 2.41 bits per heavy atom. The van der Waals surface area contributed by atoms with Crippen molar-refractivity contribution in [3.05, 3.63) is 100 Å². The molecule has 0 N–H and O–H groups in total. The SMILES string of the molecule is CCCCOc1cc(F)c(CSc2ncc(C(C)(C)c3ccc(F)c(OC)c3)n2-c2ccc(F)cc2)c(Cl)c1. The van der Waals surface area contributed by atoms with Crippen LogP contribution in [0.1, 0.15) is 50.4 Å². The van der Waals surface area contributed by atoms with Crippen molar-refractivity contribution in [3.8, 4) is 17.2 Å². The van der Waals surface area contributed by atoms with E-state index in [1.54, 1.807) is 36.5 Å². The first-order valence-corrected chi connectivity index (χ1v) is 13.9. The van der Waals surface area contributed by atoms with E-state index in [0.29, 0.717) is 28.8 Å². The van der Waals surface area contributed by atoms with E-state index in [1.165, 1.54) is 43.1 Å². The van der Waals surface area contributed by atoms with Crippen LogP contribution in [-0.4, -0.2) is 23.3 Å². The summed E-state index contributed by atoms with van der Waals surface area (Å²) in [6.45, 7) is 6.52.